The fourth-order valence-corrected chi connectivity index (χ4v) is 5.56. The zero-order valence-electron chi connectivity index (χ0n) is 20.0. The average molecular weight is 448 g/mol. The largest absolute Gasteiger partial charge is 0.493 e. The second-order valence-electron chi connectivity index (χ2n) is 9.15. The van der Waals surface area contributed by atoms with Crippen molar-refractivity contribution >= 4 is 0 Å². The maximum absolute atomic E-state index is 6.61. The van der Waals surface area contributed by atoms with E-state index < -0.39 is 0 Å². The summed E-state index contributed by atoms with van der Waals surface area (Å²) in [6.07, 6.45) is 5.31. The van der Waals surface area contributed by atoms with E-state index in [4.69, 9.17) is 28.4 Å². The number of likely N-dealkylation sites (N-methyl/N-ethyl adjacent to an activating group) is 1. The number of methoxy groups -OCH3 is 2. The molecule has 1 unspecified atom stereocenters. The molecule has 7 heteroatoms. The van der Waals surface area contributed by atoms with Crippen LogP contribution in [0.3, 0.4) is 0 Å². The molecule has 0 N–H and O–H groups in total. The number of benzene rings is 1. The lowest BCUT2D eigenvalue weighted by molar-refractivity contribution is -0.0622. The molecule has 178 valence electrons. The average Bonchev–Trinajstić information content (AvgIpc) is 3.11. The minimum absolute atomic E-state index is 0.0947. The van der Waals surface area contributed by atoms with Crippen LogP contribution in [0.15, 0.2) is 24.3 Å². The second kappa shape index (κ2) is 10.1. The highest BCUT2D eigenvalue weighted by atomic mass is 16.6. The molecule has 3 aliphatic rings. The summed E-state index contributed by atoms with van der Waals surface area (Å²) in [6, 6.07) is 4.66. The smallest absolute Gasteiger partial charge is 0.165 e. The monoisotopic (exact) mass is 447 g/mol. The summed E-state index contributed by atoms with van der Waals surface area (Å²) in [5, 5.41) is 0. The Kier molecular flexibility index (Phi) is 7.42. The number of hydrogen-bond acceptors (Lipinski definition) is 7. The molecule has 0 saturated heterocycles. The predicted octanol–water partition coefficient (Wildman–Crippen LogP) is 2.45. The first-order valence-electron chi connectivity index (χ1n) is 11.5. The molecule has 0 amide bonds. The van der Waals surface area contributed by atoms with Gasteiger partial charge in [0.2, 0.25) is 0 Å². The van der Waals surface area contributed by atoms with Crippen molar-refractivity contribution in [1.29, 1.82) is 0 Å². The van der Waals surface area contributed by atoms with E-state index in [-0.39, 0.29) is 17.6 Å². The minimum Gasteiger partial charge on any atom is -0.493 e. The maximum Gasteiger partial charge on any atom is 0.165 e. The van der Waals surface area contributed by atoms with Gasteiger partial charge in [-0.1, -0.05) is 25.1 Å². The third kappa shape index (κ3) is 4.17. The fraction of sp³-hybridized carbons (Fsp3) is 0.680. The Morgan fingerprint density at radius 3 is 2.41 bits per heavy atom. The van der Waals surface area contributed by atoms with Crippen LogP contribution < -0.4 is 9.47 Å². The minimum atomic E-state index is -0.165. The van der Waals surface area contributed by atoms with Crippen molar-refractivity contribution in [3.05, 3.63) is 35.4 Å². The predicted molar refractivity (Wildman–Crippen MR) is 122 cm³/mol. The highest BCUT2D eigenvalue weighted by molar-refractivity contribution is 5.61. The molecule has 7 nitrogen and oxygen atoms in total. The summed E-state index contributed by atoms with van der Waals surface area (Å²) in [7, 11) is 7.70. The van der Waals surface area contributed by atoms with Crippen LogP contribution in [-0.4, -0.2) is 91.1 Å². The highest BCUT2D eigenvalue weighted by Gasteiger charge is 2.60. The zero-order chi connectivity index (χ0) is 22.7. The van der Waals surface area contributed by atoms with Crippen LogP contribution in [0.4, 0.5) is 0 Å². The van der Waals surface area contributed by atoms with Gasteiger partial charge in [-0.25, -0.2) is 0 Å². The van der Waals surface area contributed by atoms with Gasteiger partial charge in [-0.15, -0.1) is 0 Å². The Labute approximate surface area is 191 Å². The highest BCUT2D eigenvalue weighted by Crippen LogP contribution is 2.59. The molecule has 32 heavy (non-hydrogen) atoms. The third-order valence-corrected chi connectivity index (χ3v) is 7.15. The van der Waals surface area contributed by atoms with Crippen LogP contribution in [0.5, 0.6) is 11.5 Å². The lowest BCUT2D eigenvalue weighted by Crippen LogP contribution is -2.59. The van der Waals surface area contributed by atoms with Gasteiger partial charge in [0.05, 0.1) is 46.8 Å². The molecular formula is C25H37NO6. The van der Waals surface area contributed by atoms with Gasteiger partial charge in [0, 0.05) is 30.0 Å². The molecule has 1 heterocycles. The van der Waals surface area contributed by atoms with E-state index >= 15 is 0 Å². The van der Waals surface area contributed by atoms with Gasteiger partial charge >= 0.3 is 0 Å². The van der Waals surface area contributed by atoms with Crippen LogP contribution in [0.1, 0.15) is 18.1 Å². The van der Waals surface area contributed by atoms with Gasteiger partial charge in [-0.05, 0) is 32.1 Å². The molecular weight excluding hydrogens is 410 g/mol. The summed E-state index contributed by atoms with van der Waals surface area (Å²) in [5.74, 6) is 2.04. The van der Waals surface area contributed by atoms with E-state index in [1.54, 1.807) is 14.2 Å². The fourth-order valence-electron chi connectivity index (χ4n) is 5.56. The van der Waals surface area contributed by atoms with Gasteiger partial charge < -0.3 is 33.3 Å². The molecule has 0 fully saturated rings. The molecule has 0 radical (unpaired) electrons. The van der Waals surface area contributed by atoms with Gasteiger partial charge in [0.15, 0.2) is 11.5 Å². The van der Waals surface area contributed by atoms with Crippen molar-refractivity contribution in [3.8, 4) is 11.5 Å². The molecule has 4 rings (SSSR count). The zero-order valence-corrected chi connectivity index (χ0v) is 20.0. The molecule has 1 aromatic carbocycles. The van der Waals surface area contributed by atoms with E-state index in [0.29, 0.717) is 51.6 Å². The molecule has 0 spiro atoms. The summed E-state index contributed by atoms with van der Waals surface area (Å²) >= 11 is 0. The van der Waals surface area contributed by atoms with Crippen molar-refractivity contribution in [1.82, 2.24) is 4.90 Å². The molecule has 0 bridgehead atoms. The number of rotatable bonds is 12. The Morgan fingerprint density at radius 1 is 1.00 bits per heavy atom. The first-order valence-corrected chi connectivity index (χ1v) is 11.5. The van der Waals surface area contributed by atoms with E-state index in [1.165, 1.54) is 11.1 Å². The maximum atomic E-state index is 6.61. The second-order valence-corrected chi connectivity index (χ2v) is 9.15. The Hall–Kier alpha value is -1.64. The lowest BCUT2D eigenvalue weighted by atomic mass is 9.57. The van der Waals surface area contributed by atoms with E-state index in [2.05, 4.69) is 44.1 Å². The summed E-state index contributed by atoms with van der Waals surface area (Å²) in [5.41, 5.74) is 2.49. The quantitative estimate of drug-likeness (QED) is 0.360. The van der Waals surface area contributed by atoms with Crippen molar-refractivity contribution in [2.24, 2.45) is 5.92 Å². The topological polar surface area (TPSA) is 58.6 Å². The van der Waals surface area contributed by atoms with Crippen molar-refractivity contribution in [3.63, 3.8) is 0 Å². The van der Waals surface area contributed by atoms with Crippen LogP contribution in [0.25, 0.3) is 0 Å². The first-order chi connectivity index (χ1) is 15.5. The number of hydrogen-bond donors (Lipinski definition) is 0. The molecule has 0 aromatic heterocycles. The standard InChI is InChI=1S/C25H37NO6/c1-25-18-7-9-21(31-15-14-30-13-12-29-11-10-27-4)24(25)32-23-20(28-5)8-6-17(22(23)25)16-19(18)26(2)3/h6-9,18-19,21,24H,10-16H2,1-5H3/t18?,19-,21+,24+,25+/m1/s1. The summed E-state index contributed by atoms with van der Waals surface area (Å²) in [4.78, 5) is 2.34. The molecule has 1 aromatic rings. The lowest BCUT2D eigenvalue weighted by Gasteiger charge is -2.50. The SMILES string of the molecule is COCCOCCOCCO[C@H]1C=CC2[C@H](N(C)C)Cc3ccc(OC)c4c3[C@@]2(C)[C@H]1O4. The van der Waals surface area contributed by atoms with Gasteiger partial charge in [-0.3, -0.25) is 0 Å². The number of ether oxygens (including phenoxy) is 6. The molecule has 1 aliphatic heterocycles. The van der Waals surface area contributed by atoms with Gasteiger partial charge in [0.25, 0.3) is 0 Å². The van der Waals surface area contributed by atoms with Crippen molar-refractivity contribution < 1.29 is 28.4 Å². The van der Waals surface area contributed by atoms with Crippen molar-refractivity contribution in [2.75, 3.05) is 68.0 Å². The van der Waals surface area contributed by atoms with Crippen LogP contribution in [0.2, 0.25) is 0 Å². The van der Waals surface area contributed by atoms with E-state index in [0.717, 1.165) is 17.9 Å². The Balaban J connectivity index is 1.44. The number of nitrogens with zero attached hydrogens (tertiary/aromatic N) is 1. The van der Waals surface area contributed by atoms with Crippen LogP contribution >= 0.6 is 0 Å². The van der Waals surface area contributed by atoms with Crippen LogP contribution in [0, 0.1) is 5.92 Å². The van der Waals surface area contributed by atoms with Gasteiger partial charge in [-0.2, -0.15) is 0 Å². The summed E-state index contributed by atoms with van der Waals surface area (Å²) < 4.78 is 34.6. The first kappa shape index (κ1) is 23.5. The third-order valence-electron chi connectivity index (χ3n) is 7.15. The van der Waals surface area contributed by atoms with E-state index in [1.807, 2.05) is 6.07 Å². The Bertz CT molecular complexity index is 812. The summed E-state index contributed by atoms with van der Waals surface area (Å²) in [6.45, 7) is 5.65. The molecule has 5 atom stereocenters. The normalized spacial score (nSPS) is 29.8. The Morgan fingerprint density at radius 2 is 1.72 bits per heavy atom. The van der Waals surface area contributed by atoms with E-state index in [9.17, 15) is 0 Å². The van der Waals surface area contributed by atoms with Crippen LogP contribution in [-0.2, 0) is 30.8 Å². The van der Waals surface area contributed by atoms with Gasteiger partial charge in [0.1, 0.15) is 12.2 Å². The molecule has 2 aliphatic carbocycles. The van der Waals surface area contributed by atoms with Crippen molar-refractivity contribution in [2.45, 2.75) is 37.0 Å². The molecule has 0 saturated carbocycles.